The lowest BCUT2D eigenvalue weighted by Gasteiger charge is -2.22. The van der Waals surface area contributed by atoms with E-state index in [1.54, 1.807) is 0 Å². The molecular formula is C12H11F3N2O3. The Morgan fingerprint density at radius 1 is 1.45 bits per heavy atom. The number of carboxylic acid groups (broad SMARTS) is 1. The largest absolute Gasteiger partial charge is 0.477 e. The zero-order valence-corrected chi connectivity index (χ0v) is 10.2. The van der Waals surface area contributed by atoms with Gasteiger partial charge in [0, 0.05) is 18.3 Å². The summed E-state index contributed by atoms with van der Waals surface area (Å²) in [7, 11) is 0. The summed E-state index contributed by atoms with van der Waals surface area (Å²) in [4.78, 5) is 26.7. The van der Waals surface area contributed by atoms with Crippen LogP contribution in [0.3, 0.4) is 0 Å². The monoisotopic (exact) mass is 288 g/mol. The van der Waals surface area contributed by atoms with Crippen molar-refractivity contribution in [3.8, 4) is 0 Å². The highest BCUT2D eigenvalue weighted by atomic mass is 19.4. The summed E-state index contributed by atoms with van der Waals surface area (Å²) in [5, 5.41) is 8.74. The summed E-state index contributed by atoms with van der Waals surface area (Å²) in [6.07, 6.45) is -2.35. The SMILES string of the molecule is C=CCN(CC(F)(F)F)C(=O)c1ccnc(C(=O)O)c1. The van der Waals surface area contributed by atoms with E-state index in [4.69, 9.17) is 5.11 Å². The van der Waals surface area contributed by atoms with E-state index < -0.39 is 30.3 Å². The van der Waals surface area contributed by atoms with Crippen LogP contribution in [0.2, 0.25) is 0 Å². The molecule has 108 valence electrons. The maximum absolute atomic E-state index is 12.4. The van der Waals surface area contributed by atoms with Crippen molar-refractivity contribution in [1.29, 1.82) is 0 Å². The molecule has 1 aromatic rings. The quantitative estimate of drug-likeness (QED) is 0.841. The number of aromatic nitrogens is 1. The Hall–Kier alpha value is -2.38. The molecule has 0 aliphatic heterocycles. The molecule has 5 nitrogen and oxygen atoms in total. The van der Waals surface area contributed by atoms with Crippen LogP contribution >= 0.6 is 0 Å². The van der Waals surface area contributed by atoms with Gasteiger partial charge in [-0.1, -0.05) is 6.08 Å². The number of carbonyl (C=O) groups excluding carboxylic acids is 1. The third kappa shape index (κ3) is 4.38. The van der Waals surface area contributed by atoms with Crippen molar-refractivity contribution in [2.24, 2.45) is 0 Å². The minimum absolute atomic E-state index is 0.177. The topological polar surface area (TPSA) is 70.5 Å². The Balaban J connectivity index is 3.02. The van der Waals surface area contributed by atoms with E-state index >= 15 is 0 Å². The number of carbonyl (C=O) groups is 2. The molecule has 0 bridgehead atoms. The molecule has 0 radical (unpaired) electrons. The number of carboxylic acids is 1. The summed E-state index contributed by atoms with van der Waals surface area (Å²) in [6.45, 7) is 1.54. The van der Waals surface area contributed by atoms with Gasteiger partial charge in [0.25, 0.3) is 5.91 Å². The van der Waals surface area contributed by atoms with Crippen LogP contribution < -0.4 is 0 Å². The first-order valence-electron chi connectivity index (χ1n) is 5.41. The standard InChI is InChI=1S/C12H11F3N2O3/c1-2-5-17(7-12(13,14)15)10(18)8-3-4-16-9(6-8)11(19)20/h2-4,6H,1,5,7H2,(H,19,20). The fraction of sp³-hybridized carbons (Fsp3) is 0.250. The van der Waals surface area contributed by atoms with E-state index in [-0.39, 0.29) is 12.1 Å². The molecule has 0 unspecified atom stereocenters. The van der Waals surface area contributed by atoms with Gasteiger partial charge in [-0.25, -0.2) is 9.78 Å². The van der Waals surface area contributed by atoms with E-state index in [9.17, 15) is 22.8 Å². The molecule has 1 N–H and O–H groups in total. The lowest BCUT2D eigenvalue weighted by atomic mass is 10.2. The highest BCUT2D eigenvalue weighted by Crippen LogP contribution is 2.18. The van der Waals surface area contributed by atoms with Crippen molar-refractivity contribution in [3.63, 3.8) is 0 Å². The fourth-order valence-corrected chi connectivity index (χ4v) is 1.45. The predicted octanol–water partition coefficient (Wildman–Crippen LogP) is 1.97. The number of hydrogen-bond donors (Lipinski definition) is 1. The second-order valence-electron chi connectivity index (χ2n) is 3.82. The van der Waals surface area contributed by atoms with E-state index in [1.165, 1.54) is 0 Å². The van der Waals surface area contributed by atoms with E-state index in [0.29, 0.717) is 4.90 Å². The molecule has 1 aromatic heterocycles. The molecule has 8 heteroatoms. The number of aromatic carboxylic acids is 1. The highest BCUT2D eigenvalue weighted by molar-refractivity contribution is 5.96. The van der Waals surface area contributed by atoms with Gasteiger partial charge in [0.1, 0.15) is 12.2 Å². The molecule has 1 heterocycles. The minimum Gasteiger partial charge on any atom is -0.477 e. The second-order valence-corrected chi connectivity index (χ2v) is 3.82. The third-order valence-corrected chi connectivity index (χ3v) is 2.23. The Morgan fingerprint density at radius 3 is 2.60 bits per heavy atom. The first-order chi connectivity index (χ1) is 9.24. The van der Waals surface area contributed by atoms with Gasteiger partial charge in [-0.2, -0.15) is 13.2 Å². The van der Waals surface area contributed by atoms with E-state index in [2.05, 4.69) is 11.6 Å². The van der Waals surface area contributed by atoms with Crippen LogP contribution in [0.4, 0.5) is 13.2 Å². The summed E-state index contributed by atoms with van der Waals surface area (Å²) in [6, 6.07) is 2.08. The third-order valence-electron chi connectivity index (χ3n) is 2.23. The highest BCUT2D eigenvalue weighted by Gasteiger charge is 2.33. The summed E-state index contributed by atoms with van der Waals surface area (Å²) in [5.41, 5.74) is -0.593. The molecule has 0 aromatic carbocycles. The summed E-state index contributed by atoms with van der Waals surface area (Å²) in [5.74, 6) is -2.31. The number of amides is 1. The molecule has 0 fully saturated rings. The zero-order chi connectivity index (χ0) is 15.3. The van der Waals surface area contributed by atoms with Crippen molar-refractivity contribution in [2.45, 2.75) is 6.18 Å². The lowest BCUT2D eigenvalue weighted by molar-refractivity contribution is -0.139. The first-order valence-corrected chi connectivity index (χ1v) is 5.41. The summed E-state index contributed by atoms with van der Waals surface area (Å²) < 4.78 is 37.1. The van der Waals surface area contributed by atoms with Gasteiger partial charge in [0.15, 0.2) is 0 Å². The lowest BCUT2D eigenvalue weighted by Crippen LogP contribution is -2.39. The van der Waals surface area contributed by atoms with Crippen molar-refractivity contribution < 1.29 is 27.9 Å². The molecule has 20 heavy (non-hydrogen) atoms. The molecule has 0 saturated heterocycles. The molecule has 0 aliphatic carbocycles. The van der Waals surface area contributed by atoms with Gasteiger partial charge >= 0.3 is 12.1 Å². The van der Waals surface area contributed by atoms with Crippen LogP contribution in [-0.4, -0.2) is 46.1 Å². The van der Waals surface area contributed by atoms with Gasteiger partial charge in [0.05, 0.1) is 0 Å². The molecular weight excluding hydrogens is 277 g/mol. The van der Waals surface area contributed by atoms with Gasteiger partial charge in [0.2, 0.25) is 0 Å². The van der Waals surface area contributed by atoms with E-state index in [0.717, 1.165) is 24.4 Å². The molecule has 1 amide bonds. The molecule has 0 saturated carbocycles. The maximum atomic E-state index is 12.4. The van der Waals surface area contributed by atoms with Crippen LogP contribution in [0.25, 0.3) is 0 Å². The van der Waals surface area contributed by atoms with Gasteiger partial charge in [-0.15, -0.1) is 6.58 Å². The first kappa shape index (κ1) is 15.7. The number of halogens is 3. The normalized spacial score (nSPS) is 10.9. The van der Waals surface area contributed by atoms with Crippen LogP contribution in [0, 0.1) is 0 Å². The summed E-state index contributed by atoms with van der Waals surface area (Å²) >= 11 is 0. The van der Waals surface area contributed by atoms with Gasteiger partial charge in [-0.05, 0) is 12.1 Å². The molecule has 0 spiro atoms. The Labute approximate surface area is 112 Å². The van der Waals surface area contributed by atoms with Crippen LogP contribution in [0.1, 0.15) is 20.8 Å². The van der Waals surface area contributed by atoms with Crippen molar-refractivity contribution in [1.82, 2.24) is 9.88 Å². The maximum Gasteiger partial charge on any atom is 0.406 e. The fourth-order valence-electron chi connectivity index (χ4n) is 1.45. The zero-order valence-electron chi connectivity index (χ0n) is 10.2. The number of rotatable bonds is 5. The molecule has 0 aliphatic rings. The number of alkyl halides is 3. The second kappa shape index (κ2) is 6.18. The molecule has 1 rings (SSSR count). The van der Waals surface area contributed by atoms with E-state index in [1.807, 2.05) is 0 Å². The van der Waals surface area contributed by atoms with Crippen molar-refractivity contribution in [3.05, 3.63) is 42.2 Å². The number of pyridine rings is 1. The van der Waals surface area contributed by atoms with Crippen LogP contribution in [0.15, 0.2) is 31.0 Å². The smallest absolute Gasteiger partial charge is 0.406 e. The average molecular weight is 288 g/mol. The molecule has 0 atom stereocenters. The average Bonchev–Trinajstić information content (AvgIpc) is 2.36. The number of nitrogens with zero attached hydrogens (tertiary/aromatic N) is 2. The van der Waals surface area contributed by atoms with Gasteiger partial charge in [-0.3, -0.25) is 4.79 Å². The number of hydrogen-bond acceptors (Lipinski definition) is 3. The van der Waals surface area contributed by atoms with Crippen LogP contribution in [-0.2, 0) is 0 Å². The van der Waals surface area contributed by atoms with Gasteiger partial charge < -0.3 is 10.0 Å². The Bertz CT molecular complexity index is 529. The predicted molar refractivity (Wildman–Crippen MR) is 63.4 cm³/mol. The minimum atomic E-state index is -4.55. The Morgan fingerprint density at radius 2 is 2.10 bits per heavy atom. The van der Waals surface area contributed by atoms with Crippen LogP contribution in [0.5, 0.6) is 0 Å². The van der Waals surface area contributed by atoms with Crippen molar-refractivity contribution >= 4 is 11.9 Å². The Kier molecular flexibility index (Phi) is 4.84. The van der Waals surface area contributed by atoms with Crippen molar-refractivity contribution in [2.75, 3.05) is 13.1 Å².